The molecule has 0 amide bonds. The summed E-state index contributed by atoms with van der Waals surface area (Å²) in [7, 11) is 1.87. The van der Waals surface area contributed by atoms with E-state index in [0.29, 0.717) is 31.1 Å². The number of benzene rings is 1. The van der Waals surface area contributed by atoms with E-state index < -0.39 is 23.3 Å². The minimum absolute atomic E-state index is 0. The number of likely N-dealkylation sites (N-methyl/N-ethyl adjacent to an activating group) is 1. The van der Waals surface area contributed by atoms with E-state index in [2.05, 4.69) is 10.2 Å². The van der Waals surface area contributed by atoms with Gasteiger partial charge in [0.25, 0.3) is 0 Å². The Morgan fingerprint density at radius 3 is 2.72 bits per heavy atom. The number of aromatic hydroxyl groups is 1. The van der Waals surface area contributed by atoms with Gasteiger partial charge in [-0.05, 0) is 56.7 Å². The molecule has 162 valence electrons. The van der Waals surface area contributed by atoms with Crippen molar-refractivity contribution in [3.63, 3.8) is 0 Å². The van der Waals surface area contributed by atoms with E-state index >= 15 is 4.39 Å². The monoisotopic (exact) mass is 446 g/mol. The van der Waals surface area contributed by atoms with Crippen LogP contribution in [0.5, 0.6) is 11.5 Å². The van der Waals surface area contributed by atoms with Crippen LogP contribution in [0.3, 0.4) is 0 Å². The molecule has 1 saturated heterocycles. The Labute approximate surface area is 182 Å². The van der Waals surface area contributed by atoms with Crippen molar-refractivity contribution < 1.29 is 19.3 Å². The summed E-state index contributed by atoms with van der Waals surface area (Å²) in [5.74, 6) is 1.10. The molecule has 1 aromatic carbocycles. The summed E-state index contributed by atoms with van der Waals surface area (Å²) < 4.78 is 22.4. The molecular formula is C21H29Cl2FN2O3. The van der Waals surface area contributed by atoms with Crippen LogP contribution in [-0.2, 0) is 11.8 Å². The van der Waals surface area contributed by atoms with Crippen molar-refractivity contribution >= 4 is 24.8 Å². The Hall–Kier alpha value is -0.790. The molecule has 2 aliphatic heterocycles. The molecule has 1 spiro atoms. The van der Waals surface area contributed by atoms with E-state index in [0.717, 1.165) is 24.1 Å². The number of piperidine rings is 1. The third kappa shape index (κ3) is 2.44. The molecule has 2 heterocycles. The molecule has 3 aliphatic carbocycles. The van der Waals surface area contributed by atoms with Crippen LogP contribution in [-0.4, -0.2) is 65.2 Å². The first-order valence-corrected chi connectivity index (χ1v) is 10.3. The van der Waals surface area contributed by atoms with Crippen molar-refractivity contribution in [1.29, 1.82) is 0 Å². The minimum Gasteiger partial charge on any atom is -0.504 e. The van der Waals surface area contributed by atoms with Gasteiger partial charge in [-0.3, -0.25) is 4.90 Å². The summed E-state index contributed by atoms with van der Waals surface area (Å²) >= 11 is 0. The van der Waals surface area contributed by atoms with E-state index in [1.165, 1.54) is 12.8 Å². The first-order valence-electron chi connectivity index (χ1n) is 10.3. The molecule has 0 aromatic heterocycles. The molecule has 2 saturated carbocycles. The first-order chi connectivity index (χ1) is 13.0. The minimum atomic E-state index is -1.22. The smallest absolute Gasteiger partial charge is 0.165 e. The molecule has 29 heavy (non-hydrogen) atoms. The second-order valence-corrected chi connectivity index (χ2v) is 9.30. The lowest BCUT2D eigenvalue weighted by Crippen LogP contribution is -2.81. The van der Waals surface area contributed by atoms with E-state index in [1.807, 2.05) is 13.1 Å². The highest BCUT2D eigenvalue weighted by Gasteiger charge is 2.76. The second kappa shape index (κ2) is 6.86. The Balaban J connectivity index is 0.00000102. The largest absolute Gasteiger partial charge is 0.504 e. The average Bonchev–Trinajstić information content (AvgIpc) is 3.37. The maximum atomic E-state index is 16.2. The van der Waals surface area contributed by atoms with Gasteiger partial charge < -0.3 is 20.3 Å². The highest BCUT2D eigenvalue weighted by molar-refractivity contribution is 5.85. The van der Waals surface area contributed by atoms with Crippen LogP contribution in [0.2, 0.25) is 0 Å². The predicted molar refractivity (Wildman–Crippen MR) is 112 cm³/mol. The summed E-state index contributed by atoms with van der Waals surface area (Å²) in [5, 5.41) is 25.9. The molecule has 3 N–H and O–H groups in total. The third-order valence-corrected chi connectivity index (χ3v) is 8.10. The van der Waals surface area contributed by atoms with Crippen molar-refractivity contribution in [3.8, 4) is 11.5 Å². The van der Waals surface area contributed by atoms with Gasteiger partial charge in [-0.1, -0.05) is 6.07 Å². The van der Waals surface area contributed by atoms with Crippen LogP contribution in [0.25, 0.3) is 0 Å². The quantitative estimate of drug-likeness (QED) is 0.664. The van der Waals surface area contributed by atoms with Gasteiger partial charge in [0.2, 0.25) is 0 Å². The number of hydrogen-bond acceptors (Lipinski definition) is 5. The summed E-state index contributed by atoms with van der Waals surface area (Å²) in [4.78, 5) is 2.22. The predicted octanol–water partition coefficient (Wildman–Crippen LogP) is 2.34. The zero-order valence-corrected chi connectivity index (χ0v) is 18.1. The van der Waals surface area contributed by atoms with Gasteiger partial charge in [-0.15, -0.1) is 24.8 Å². The number of nitrogens with zero attached hydrogens (tertiary/aromatic N) is 1. The van der Waals surface area contributed by atoms with Gasteiger partial charge in [-0.2, -0.15) is 0 Å². The van der Waals surface area contributed by atoms with Crippen LogP contribution < -0.4 is 10.1 Å². The van der Waals surface area contributed by atoms with Crippen molar-refractivity contribution in [2.24, 2.45) is 5.92 Å². The van der Waals surface area contributed by atoms with Crippen LogP contribution in [0, 0.1) is 5.92 Å². The van der Waals surface area contributed by atoms with Crippen molar-refractivity contribution in [2.45, 2.75) is 67.5 Å². The molecule has 0 radical (unpaired) electrons. The molecule has 5 aliphatic rings. The van der Waals surface area contributed by atoms with Gasteiger partial charge in [0.05, 0.1) is 5.60 Å². The van der Waals surface area contributed by atoms with Crippen LogP contribution in [0.4, 0.5) is 4.39 Å². The number of likely N-dealkylation sites (tertiary alicyclic amines) is 1. The van der Waals surface area contributed by atoms with E-state index in [-0.39, 0.29) is 42.6 Å². The molecular weight excluding hydrogens is 418 g/mol. The van der Waals surface area contributed by atoms with E-state index in [9.17, 15) is 10.2 Å². The Bertz CT molecular complexity index is 825. The second-order valence-electron chi connectivity index (χ2n) is 9.30. The standard InChI is InChI=1S/C21H27FN2O3.2ClH/c1-23-13-6-7-20(26)16-8-12-4-5-14(25)18-17(12)21(20,19(13)27-18)15(22)10-24(16)9-11-2-3-11;;/h4-5,11,13,15-16,19,23,25-26H,2-3,6-10H2,1H3;2*1H/t13-,15+,16-,19+,20-,21+;;/m1../s1. The fourth-order valence-corrected chi connectivity index (χ4v) is 6.78. The molecule has 3 fully saturated rings. The SMILES string of the molecule is CN[C@@H]1CC[C@@]2(O)[C@H]3Cc4ccc(O)c5c4[C@@]2([C@@H](F)CN3CC2CC2)[C@H]1O5.Cl.Cl. The molecule has 2 bridgehead atoms. The lowest BCUT2D eigenvalue weighted by atomic mass is 9.47. The molecule has 0 unspecified atom stereocenters. The highest BCUT2D eigenvalue weighted by atomic mass is 35.5. The summed E-state index contributed by atoms with van der Waals surface area (Å²) in [6.45, 7) is 1.22. The van der Waals surface area contributed by atoms with Crippen LogP contribution in [0.1, 0.15) is 36.8 Å². The van der Waals surface area contributed by atoms with Gasteiger partial charge in [0, 0.05) is 30.7 Å². The number of nitrogens with one attached hydrogen (secondary N) is 1. The zero-order chi connectivity index (χ0) is 18.6. The number of alkyl halides is 1. The zero-order valence-electron chi connectivity index (χ0n) is 16.4. The van der Waals surface area contributed by atoms with Gasteiger partial charge in [0.1, 0.15) is 17.7 Å². The number of aliphatic hydroxyl groups is 1. The highest BCUT2D eigenvalue weighted by Crippen LogP contribution is 2.66. The lowest BCUT2D eigenvalue weighted by molar-refractivity contribution is -0.216. The van der Waals surface area contributed by atoms with E-state index in [1.54, 1.807) is 6.07 Å². The number of rotatable bonds is 3. The number of phenols is 1. The molecule has 5 nitrogen and oxygen atoms in total. The lowest BCUT2D eigenvalue weighted by Gasteiger charge is -2.65. The number of phenolic OH excluding ortho intramolecular Hbond substituents is 1. The van der Waals surface area contributed by atoms with Gasteiger partial charge >= 0.3 is 0 Å². The summed E-state index contributed by atoms with van der Waals surface area (Å²) in [6, 6.07) is 3.44. The normalized spacial score (nSPS) is 41.6. The van der Waals surface area contributed by atoms with Gasteiger partial charge in [-0.25, -0.2) is 4.39 Å². The topological polar surface area (TPSA) is 65.0 Å². The Morgan fingerprint density at radius 1 is 1.28 bits per heavy atom. The fraction of sp³-hybridized carbons (Fsp3) is 0.714. The number of halogens is 3. The summed E-state index contributed by atoms with van der Waals surface area (Å²) in [6.07, 6.45) is 2.70. The first kappa shape index (κ1) is 21.4. The van der Waals surface area contributed by atoms with E-state index in [4.69, 9.17) is 4.74 Å². The third-order valence-electron chi connectivity index (χ3n) is 8.10. The fourth-order valence-electron chi connectivity index (χ4n) is 6.78. The Morgan fingerprint density at radius 2 is 2.03 bits per heavy atom. The maximum Gasteiger partial charge on any atom is 0.165 e. The Kier molecular flexibility index (Phi) is 5.07. The molecule has 8 heteroatoms. The van der Waals surface area contributed by atoms with Crippen LogP contribution in [0.15, 0.2) is 12.1 Å². The van der Waals surface area contributed by atoms with Crippen molar-refractivity contribution in [3.05, 3.63) is 23.3 Å². The molecule has 1 aromatic rings. The maximum absolute atomic E-state index is 16.2. The number of ether oxygens (including phenoxy) is 1. The van der Waals surface area contributed by atoms with Crippen molar-refractivity contribution in [1.82, 2.24) is 10.2 Å². The average molecular weight is 447 g/mol. The molecule has 6 atom stereocenters. The number of hydrogen-bond donors (Lipinski definition) is 3. The molecule has 6 rings (SSSR count). The van der Waals surface area contributed by atoms with Crippen molar-refractivity contribution in [2.75, 3.05) is 20.1 Å². The summed E-state index contributed by atoms with van der Waals surface area (Å²) in [5.41, 5.74) is -0.487. The van der Waals surface area contributed by atoms with Crippen LogP contribution >= 0.6 is 24.8 Å². The van der Waals surface area contributed by atoms with Gasteiger partial charge in [0.15, 0.2) is 11.5 Å².